The fraction of sp³-hybridized carbons (Fsp3) is 0.417. The lowest BCUT2D eigenvalue weighted by Gasteiger charge is -2.18. The molecule has 1 aliphatic rings. The molecule has 90 valence electrons. The van der Waals surface area contributed by atoms with Crippen LogP contribution in [0.3, 0.4) is 0 Å². The number of H-pyrrole nitrogens is 1. The van der Waals surface area contributed by atoms with Gasteiger partial charge in [0.2, 0.25) is 0 Å². The summed E-state index contributed by atoms with van der Waals surface area (Å²) < 4.78 is 4.98. The van der Waals surface area contributed by atoms with Gasteiger partial charge in [-0.2, -0.15) is 0 Å². The van der Waals surface area contributed by atoms with E-state index in [2.05, 4.69) is 10.3 Å². The molecule has 0 radical (unpaired) electrons. The molecule has 3 rings (SSSR count). The van der Waals surface area contributed by atoms with Crippen molar-refractivity contribution in [3.63, 3.8) is 0 Å². The van der Waals surface area contributed by atoms with Gasteiger partial charge >= 0.3 is 5.76 Å². The minimum Gasteiger partial charge on any atom is -0.408 e. The van der Waals surface area contributed by atoms with Gasteiger partial charge in [-0.3, -0.25) is 4.98 Å². The molecule has 2 aromatic rings. The maximum absolute atomic E-state index is 11.0. The highest BCUT2D eigenvalue weighted by atomic mass is 16.4. The molecule has 1 aromatic heterocycles. The fourth-order valence-electron chi connectivity index (χ4n) is 2.36. The largest absolute Gasteiger partial charge is 0.417 e. The summed E-state index contributed by atoms with van der Waals surface area (Å²) in [5.41, 5.74) is 1.93. The molecule has 3 N–H and O–H groups in total. The molecule has 1 aliphatic heterocycles. The summed E-state index contributed by atoms with van der Waals surface area (Å²) >= 11 is 0. The summed E-state index contributed by atoms with van der Waals surface area (Å²) in [6, 6.07) is 5.39. The van der Waals surface area contributed by atoms with E-state index in [0.717, 1.165) is 24.9 Å². The van der Waals surface area contributed by atoms with Gasteiger partial charge in [-0.25, -0.2) is 4.79 Å². The molecule has 0 spiro atoms. The predicted octanol–water partition coefficient (Wildman–Crippen LogP) is 0.906. The van der Waals surface area contributed by atoms with Gasteiger partial charge in [0, 0.05) is 6.04 Å². The van der Waals surface area contributed by atoms with E-state index in [1.165, 1.54) is 0 Å². The summed E-state index contributed by atoms with van der Waals surface area (Å²) in [6.45, 7) is 0.948. The lowest BCUT2D eigenvalue weighted by atomic mass is 10.0. The first-order valence-electron chi connectivity index (χ1n) is 5.78. The number of aliphatic hydroxyl groups is 1. The Labute approximate surface area is 97.5 Å². The van der Waals surface area contributed by atoms with Crippen molar-refractivity contribution >= 4 is 11.1 Å². The second-order valence-corrected chi connectivity index (χ2v) is 4.42. The predicted molar refractivity (Wildman–Crippen MR) is 62.8 cm³/mol. The van der Waals surface area contributed by atoms with Crippen LogP contribution in [0.1, 0.15) is 24.5 Å². The van der Waals surface area contributed by atoms with Crippen molar-refractivity contribution in [1.82, 2.24) is 10.3 Å². The van der Waals surface area contributed by atoms with Crippen molar-refractivity contribution in [2.75, 3.05) is 6.54 Å². The zero-order valence-corrected chi connectivity index (χ0v) is 9.27. The molecule has 0 aliphatic carbocycles. The number of hydrogen-bond donors (Lipinski definition) is 3. The third-order valence-corrected chi connectivity index (χ3v) is 3.27. The maximum atomic E-state index is 11.0. The molecule has 0 amide bonds. The van der Waals surface area contributed by atoms with Gasteiger partial charge in [-0.05, 0) is 37.1 Å². The van der Waals surface area contributed by atoms with Crippen LogP contribution in [0.25, 0.3) is 11.1 Å². The average Bonchev–Trinajstić information content (AvgIpc) is 2.94. The van der Waals surface area contributed by atoms with Crippen molar-refractivity contribution in [2.24, 2.45) is 0 Å². The first-order valence-corrected chi connectivity index (χ1v) is 5.78. The summed E-state index contributed by atoms with van der Waals surface area (Å²) in [4.78, 5) is 13.6. The van der Waals surface area contributed by atoms with E-state index in [1.54, 1.807) is 12.1 Å². The van der Waals surface area contributed by atoms with Crippen molar-refractivity contribution in [1.29, 1.82) is 0 Å². The van der Waals surface area contributed by atoms with Crippen LogP contribution < -0.4 is 11.1 Å². The van der Waals surface area contributed by atoms with Crippen LogP contribution in [0.5, 0.6) is 0 Å². The number of nitrogens with one attached hydrogen (secondary N) is 2. The monoisotopic (exact) mass is 234 g/mol. The van der Waals surface area contributed by atoms with Crippen molar-refractivity contribution < 1.29 is 9.52 Å². The minimum absolute atomic E-state index is 0.0955. The molecule has 2 heterocycles. The average molecular weight is 234 g/mol. The Kier molecular flexibility index (Phi) is 2.49. The summed E-state index contributed by atoms with van der Waals surface area (Å²) in [5, 5.41) is 13.5. The molecule has 1 aromatic carbocycles. The van der Waals surface area contributed by atoms with Gasteiger partial charge in [0.05, 0.1) is 11.6 Å². The third kappa shape index (κ3) is 1.87. The summed E-state index contributed by atoms with van der Waals surface area (Å²) in [5.74, 6) is -0.467. The van der Waals surface area contributed by atoms with Gasteiger partial charge < -0.3 is 14.8 Å². The quantitative estimate of drug-likeness (QED) is 0.721. The molecule has 5 nitrogen and oxygen atoms in total. The summed E-state index contributed by atoms with van der Waals surface area (Å²) in [7, 11) is 0. The number of fused-ring (bicyclic) bond motifs is 1. The second-order valence-electron chi connectivity index (χ2n) is 4.42. The second kappa shape index (κ2) is 4.01. The van der Waals surface area contributed by atoms with E-state index >= 15 is 0 Å². The Morgan fingerprint density at radius 2 is 2.35 bits per heavy atom. The SMILES string of the molecule is O=c1[nH]c2ccc(C(O)C3CCCN3)cc2o1. The maximum Gasteiger partial charge on any atom is 0.417 e. The van der Waals surface area contributed by atoms with E-state index in [-0.39, 0.29) is 6.04 Å². The minimum atomic E-state index is -0.554. The van der Waals surface area contributed by atoms with E-state index < -0.39 is 11.9 Å². The number of hydrogen-bond acceptors (Lipinski definition) is 4. The zero-order valence-electron chi connectivity index (χ0n) is 9.27. The Morgan fingerprint density at radius 3 is 3.12 bits per heavy atom. The zero-order chi connectivity index (χ0) is 11.8. The van der Waals surface area contributed by atoms with E-state index in [9.17, 15) is 9.90 Å². The van der Waals surface area contributed by atoms with Crippen LogP contribution in [-0.2, 0) is 0 Å². The molecule has 1 saturated heterocycles. The van der Waals surface area contributed by atoms with Crippen LogP contribution in [0.4, 0.5) is 0 Å². The molecule has 17 heavy (non-hydrogen) atoms. The molecule has 0 saturated carbocycles. The molecule has 2 atom stereocenters. The number of aliphatic hydroxyl groups excluding tert-OH is 1. The van der Waals surface area contributed by atoms with Crippen molar-refractivity contribution in [3.8, 4) is 0 Å². The van der Waals surface area contributed by atoms with Crippen LogP contribution >= 0.6 is 0 Å². The van der Waals surface area contributed by atoms with E-state index in [1.807, 2.05) is 6.07 Å². The smallest absolute Gasteiger partial charge is 0.408 e. The van der Waals surface area contributed by atoms with Crippen LogP contribution in [0, 0.1) is 0 Å². The molecular formula is C12H14N2O3. The van der Waals surface area contributed by atoms with E-state index in [0.29, 0.717) is 11.1 Å². The van der Waals surface area contributed by atoms with Crippen molar-refractivity contribution in [3.05, 3.63) is 34.3 Å². The first kappa shape index (κ1) is 10.6. The highest BCUT2D eigenvalue weighted by Gasteiger charge is 2.24. The Hall–Kier alpha value is -1.59. The Balaban J connectivity index is 1.96. The molecule has 2 unspecified atom stereocenters. The standard InChI is InChI=1S/C12H14N2O3/c15-11(9-2-1-5-13-9)7-3-4-8-10(6-7)17-12(16)14-8/h3-4,6,9,11,13,15H,1-2,5H2,(H,14,16). The number of benzene rings is 1. The van der Waals surface area contributed by atoms with Gasteiger partial charge in [-0.15, -0.1) is 0 Å². The highest BCUT2D eigenvalue weighted by Crippen LogP contribution is 2.25. The Bertz CT molecular complexity index is 581. The van der Waals surface area contributed by atoms with Gasteiger partial charge in [0.15, 0.2) is 5.58 Å². The highest BCUT2D eigenvalue weighted by molar-refractivity contribution is 5.72. The molecule has 1 fully saturated rings. The van der Waals surface area contributed by atoms with Gasteiger partial charge in [0.1, 0.15) is 0 Å². The van der Waals surface area contributed by atoms with E-state index in [4.69, 9.17) is 4.42 Å². The Morgan fingerprint density at radius 1 is 1.47 bits per heavy atom. The van der Waals surface area contributed by atoms with Gasteiger partial charge in [0.25, 0.3) is 0 Å². The van der Waals surface area contributed by atoms with Crippen LogP contribution in [0.15, 0.2) is 27.4 Å². The fourth-order valence-corrected chi connectivity index (χ4v) is 2.36. The van der Waals surface area contributed by atoms with Crippen molar-refractivity contribution in [2.45, 2.75) is 25.0 Å². The number of aromatic amines is 1. The first-order chi connectivity index (χ1) is 8.24. The van der Waals surface area contributed by atoms with Crippen LogP contribution in [0.2, 0.25) is 0 Å². The molecule has 5 heteroatoms. The molecule has 0 bridgehead atoms. The summed E-state index contributed by atoms with van der Waals surface area (Å²) in [6.07, 6.45) is 1.50. The lowest BCUT2D eigenvalue weighted by molar-refractivity contribution is 0.137. The lowest BCUT2D eigenvalue weighted by Crippen LogP contribution is -2.28. The number of oxazole rings is 1. The number of aromatic nitrogens is 1. The number of rotatable bonds is 2. The topological polar surface area (TPSA) is 78.3 Å². The van der Waals surface area contributed by atoms with Crippen LogP contribution in [-0.4, -0.2) is 22.7 Å². The third-order valence-electron chi connectivity index (χ3n) is 3.27. The molecular weight excluding hydrogens is 220 g/mol. The van der Waals surface area contributed by atoms with Gasteiger partial charge in [-0.1, -0.05) is 6.07 Å². The normalized spacial score (nSPS) is 22.1.